The molecule has 1 unspecified atom stereocenters. The lowest BCUT2D eigenvalue weighted by Crippen LogP contribution is -2.36. The molecule has 0 spiro atoms. The summed E-state index contributed by atoms with van der Waals surface area (Å²) < 4.78 is 5.58. The van der Waals surface area contributed by atoms with E-state index in [1.165, 1.54) is 5.56 Å². The average Bonchev–Trinajstić information content (AvgIpc) is 2.33. The zero-order valence-electron chi connectivity index (χ0n) is 10.7. The summed E-state index contributed by atoms with van der Waals surface area (Å²) in [6, 6.07) is 8.09. The molecule has 3 N–H and O–H groups in total. The Labute approximate surface area is 114 Å². The summed E-state index contributed by atoms with van der Waals surface area (Å²) in [7, 11) is 0. The quantitative estimate of drug-likeness (QED) is 0.616. The van der Waals surface area contributed by atoms with Crippen molar-refractivity contribution < 1.29 is 4.74 Å². The number of nitrogens with two attached hydrogens (primary N) is 1. The minimum absolute atomic E-state index is 0.204. The Balaban J connectivity index is 1.85. The fraction of sp³-hybridized carbons (Fsp3) is 0.571. The van der Waals surface area contributed by atoms with E-state index in [0.29, 0.717) is 12.0 Å². The average molecular weight is 269 g/mol. The second-order valence-corrected chi connectivity index (χ2v) is 5.36. The lowest BCUT2D eigenvalue weighted by atomic mass is 9.77. The Morgan fingerprint density at radius 1 is 1.39 bits per heavy atom. The van der Waals surface area contributed by atoms with Crippen LogP contribution in [0.5, 0.6) is 0 Å². The van der Waals surface area contributed by atoms with E-state index in [2.05, 4.69) is 5.43 Å². The van der Waals surface area contributed by atoms with E-state index < -0.39 is 0 Å². The number of nitrogens with one attached hydrogen (secondary N) is 1. The van der Waals surface area contributed by atoms with Gasteiger partial charge in [0, 0.05) is 17.7 Å². The van der Waals surface area contributed by atoms with E-state index in [9.17, 15) is 0 Å². The van der Waals surface area contributed by atoms with Gasteiger partial charge in [-0.05, 0) is 49.8 Å². The third kappa shape index (κ3) is 3.45. The molecule has 1 aromatic carbocycles. The molecule has 0 amide bonds. The first kappa shape index (κ1) is 13.8. The number of halogens is 1. The molecule has 100 valence electrons. The van der Waals surface area contributed by atoms with Gasteiger partial charge in [-0.3, -0.25) is 11.3 Å². The molecule has 0 radical (unpaired) electrons. The largest absolute Gasteiger partial charge is 0.378 e. The summed E-state index contributed by atoms with van der Waals surface area (Å²) in [5.74, 6) is 6.36. The molecule has 0 bridgehead atoms. The first-order valence-electron chi connectivity index (χ1n) is 6.56. The van der Waals surface area contributed by atoms with Crippen LogP contribution in [0.1, 0.15) is 37.8 Å². The van der Waals surface area contributed by atoms with Crippen LogP contribution >= 0.6 is 11.6 Å². The minimum atomic E-state index is 0.204. The van der Waals surface area contributed by atoms with Crippen molar-refractivity contribution in [2.45, 2.75) is 38.3 Å². The second-order valence-electron chi connectivity index (χ2n) is 4.92. The SMILES string of the molecule is CCOC1CC(CC(NN)c2ccc(Cl)cc2)C1. The van der Waals surface area contributed by atoms with Gasteiger partial charge in [-0.1, -0.05) is 23.7 Å². The topological polar surface area (TPSA) is 47.3 Å². The van der Waals surface area contributed by atoms with E-state index in [4.69, 9.17) is 22.2 Å². The van der Waals surface area contributed by atoms with Crippen LogP contribution in [-0.4, -0.2) is 12.7 Å². The molecule has 0 saturated heterocycles. The molecule has 2 rings (SSSR count). The smallest absolute Gasteiger partial charge is 0.0580 e. The van der Waals surface area contributed by atoms with E-state index in [-0.39, 0.29) is 6.04 Å². The highest BCUT2D eigenvalue weighted by molar-refractivity contribution is 6.30. The molecule has 0 heterocycles. The van der Waals surface area contributed by atoms with Crippen LogP contribution in [0, 0.1) is 5.92 Å². The summed E-state index contributed by atoms with van der Waals surface area (Å²) in [4.78, 5) is 0. The first-order valence-corrected chi connectivity index (χ1v) is 6.94. The van der Waals surface area contributed by atoms with Crippen LogP contribution in [0.4, 0.5) is 0 Å². The van der Waals surface area contributed by atoms with Crippen molar-refractivity contribution >= 4 is 11.6 Å². The summed E-state index contributed by atoms with van der Waals surface area (Å²) in [6.07, 6.45) is 3.82. The monoisotopic (exact) mass is 268 g/mol. The highest BCUT2D eigenvalue weighted by Gasteiger charge is 2.31. The summed E-state index contributed by atoms with van der Waals surface area (Å²) >= 11 is 5.89. The molecular formula is C14H21ClN2O. The van der Waals surface area contributed by atoms with Crippen LogP contribution in [-0.2, 0) is 4.74 Å². The van der Waals surface area contributed by atoms with Crippen LogP contribution in [0.25, 0.3) is 0 Å². The predicted octanol–water partition coefficient (Wildman–Crippen LogP) is 3.05. The molecule has 18 heavy (non-hydrogen) atoms. The molecular weight excluding hydrogens is 248 g/mol. The van der Waals surface area contributed by atoms with Gasteiger partial charge in [0.25, 0.3) is 0 Å². The summed E-state index contributed by atoms with van der Waals surface area (Å²) in [5.41, 5.74) is 4.10. The van der Waals surface area contributed by atoms with Gasteiger partial charge in [0.15, 0.2) is 0 Å². The third-order valence-corrected chi connectivity index (χ3v) is 3.89. The zero-order chi connectivity index (χ0) is 13.0. The van der Waals surface area contributed by atoms with Crippen molar-refractivity contribution in [2.75, 3.05) is 6.61 Å². The fourth-order valence-corrected chi connectivity index (χ4v) is 2.69. The summed E-state index contributed by atoms with van der Waals surface area (Å²) in [5, 5.41) is 0.759. The number of hydrogen-bond donors (Lipinski definition) is 2. The predicted molar refractivity (Wildman–Crippen MR) is 74.3 cm³/mol. The number of ether oxygens (including phenoxy) is 1. The Bertz CT molecular complexity index is 363. The minimum Gasteiger partial charge on any atom is -0.378 e. The Morgan fingerprint density at radius 3 is 2.61 bits per heavy atom. The van der Waals surface area contributed by atoms with Crippen molar-refractivity contribution in [3.63, 3.8) is 0 Å². The Kier molecular flexibility index (Phi) is 5.01. The third-order valence-electron chi connectivity index (χ3n) is 3.64. The molecule has 4 heteroatoms. The van der Waals surface area contributed by atoms with Crippen molar-refractivity contribution in [3.05, 3.63) is 34.9 Å². The number of hydrazine groups is 1. The molecule has 0 aliphatic heterocycles. The maximum atomic E-state index is 5.89. The highest BCUT2D eigenvalue weighted by Crippen LogP contribution is 2.36. The standard InChI is InChI=1S/C14H21ClN2O/c1-2-18-13-7-10(8-13)9-14(17-16)11-3-5-12(15)6-4-11/h3-6,10,13-14,17H,2,7-9,16H2,1H3. The van der Waals surface area contributed by atoms with Crippen molar-refractivity contribution in [3.8, 4) is 0 Å². The molecule has 1 aliphatic carbocycles. The van der Waals surface area contributed by atoms with Crippen molar-refractivity contribution in [2.24, 2.45) is 11.8 Å². The molecule has 1 fully saturated rings. The molecule has 1 saturated carbocycles. The molecule has 0 aromatic heterocycles. The highest BCUT2D eigenvalue weighted by atomic mass is 35.5. The van der Waals surface area contributed by atoms with Gasteiger partial charge in [0.1, 0.15) is 0 Å². The van der Waals surface area contributed by atoms with Crippen LogP contribution in [0.15, 0.2) is 24.3 Å². The van der Waals surface area contributed by atoms with E-state index in [1.54, 1.807) is 0 Å². The maximum absolute atomic E-state index is 5.89. The van der Waals surface area contributed by atoms with Gasteiger partial charge < -0.3 is 4.74 Å². The van der Waals surface area contributed by atoms with Gasteiger partial charge in [0.2, 0.25) is 0 Å². The van der Waals surface area contributed by atoms with Crippen molar-refractivity contribution in [1.29, 1.82) is 0 Å². The second kappa shape index (κ2) is 6.53. The Morgan fingerprint density at radius 2 is 2.06 bits per heavy atom. The number of rotatable bonds is 6. The van der Waals surface area contributed by atoms with Gasteiger partial charge in [-0.15, -0.1) is 0 Å². The maximum Gasteiger partial charge on any atom is 0.0580 e. The van der Waals surface area contributed by atoms with E-state index in [1.807, 2.05) is 31.2 Å². The van der Waals surface area contributed by atoms with E-state index in [0.717, 1.165) is 30.9 Å². The van der Waals surface area contributed by atoms with Gasteiger partial charge in [-0.25, -0.2) is 0 Å². The van der Waals surface area contributed by atoms with Gasteiger partial charge in [-0.2, -0.15) is 0 Å². The molecule has 1 aliphatic rings. The number of benzene rings is 1. The molecule has 1 aromatic rings. The molecule has 3 nitrogen and oxygen atoms in total. The van der Waals surface area contributed by atoms with Crippen LogP contribution < -0.4 is 11.3 Å². The zero-order valence-corrected chi connectivity index (χ0v) is 11.5. The number of hydrogen-bond acceptors (Lipinski definition) is 3. The van der Waals surface area contributed by atoms with E-state index >= 15 is 0 Å². The normalized spacial score (nSPS) is 24.6. The lowest BCUT2D eigenvalue weighted by molar-refractivity contribution is -0.0291. The Hall–Kier alpha value is -0.610. The van der Waals surface area contributed by atoms with Crippen molar-refractivity contribution in [1.82, 2.24) is 5.43 Å². The molecule has 1 atom stereocenters. The van der Waals surface area contributed by atoms with Gasteiger partial charge >= 0.3 is 0 Å². The first-order chi connectivity index (χ1) is 8.72. The van der Waals surface area contributed by atoms with Crippen LogP contribution in [0.3, 0.4) is 0 Å². The van der Waals surface area contributed by atoms with Gasteiger partial charge in [0.05, 0.1) is 6.10 Å². The lowest BCUT2D eigenvalue weighted by Gasteiger charge is -2.37. The summed E-state index contributed by atoms with van der Waals surface area (Å²) in [6.45, 7) is 2.86. The van der Waals surface area contributed by atoms with Crippen LogP contribution in [0.2, 0.25) is 5.02 Å². The fourth-order valence-electron chi connectivity index (χ4n) is 2.57.